The highest BCUT2D eigenvalue weighted by Gasteiger charge is 2.15. The van der Waals surface area contributed by atoms with E-state index in [0.717, 1.165) is 19.3 Å². The fourth-order valence-corrected chi connectivity index (χ4v) is 0.946. The second-order valence-electron chi connectivity index (χ2n) is 2.45. The first-order valence-electron chi connectivity index (χ1n) is 3.75. The lowest BCUT2D eigenvalue weighted by Gasteiger charge is -2.18. The zero-order chi connectivity index (χ0) is 7.94. The molecule has 1 aliphatic rings. The average Bonchev–Trinajstić information content (AvgIpc) is 2.07. The van der Waals surface area contributed by atoms with Gasteiger partial charge in [0.25, 0.3) is 0 Å². The highest BCUT2D eigenvalue weighted by atomic mass is 17.5. The summed E-state index contributed by atoms with van der Waals surface area (Å²) in [5.41, 5.74) is 0. The summed E-state index contributed by atoms with van der Waals surface area (Å²) >= 11 is 0. The summed E-state index contributed by atoms with van der Waals surface area (Å²) in [6.45, 7) is 0.581. The van der Waals surface area contributed by atoms with Crippen molar-refractivity contribution < 1.29 is 14.8 Å². The minimum Gasteiger partial charge on any atom is -0.206 e. The Kier molecular flexibility index (Phi) is 3.91. The summed E-state index contributed by atoms with van der Waals surface area (Å²) in [5, 5.41) is 12.6. The van der Waals surface area contributed by atoms with Crippen molar-refractivity contribution in [2.24, 2.45) is 0 Å². The molecule has 0 aromatic heterocycles. The zero-order valence-corrected chi connectivity index (χ0v) is 6.28. The fourth-order valence-electron chi connectivity index (χ4n) is 0.946. The number of unbranched alkanes of at least 4 members (excludes halogenated alkanes) is 1. The Hall–Kier alpha value is -0.630. The molecule has 1 unspecified atom stereocenters. The van der Waals surface area contributed by atoms with Crippen LogP contribution in [-0.2, 0) is 14.8 Å². The molecule has 0 amide bonds. The number of hydrogen-bond acceptors (Lipinski definition) is 4. The molecule has 1 fully saturated rings. The number of nitriles is 1. The highest BCUT2D eigenvalue weighted by Crippen LogP contribution is 2.13. The van der Waals surface area contributed by atoms with Gasteiger partial charge in [0.1, 0.15) is 0 Å². The van der Waals surface area contributed by atoms with Gasteiger partial charge >= 0.3 is 0 Å². The predicted molar refractivity (Wildman–Crippen MR) is 36.0 cm³/mol. The van der Waals surface area contributed by atoms with E-state index in [1.165, 1.54) is 0 Å². The van der Waals surface area contributed by atoms with Crippen molar-refractivity contribution in [3.8, 4) is 6.07 Å². The lowest BCUT2D eigenvalue weighted by Crippen LogP contribution is -2.21. The van der Waals surface area contributed by atoms with Crippen LogP contribution in [0.3, 0.4) is 0 Å². The Morgan fingerprint density at radius 3 is 3.09 bits per heavy atom. The molecule has 62 valence electrons. The molecular weight excluding hydrogens is 146 g/mol. The van der Waals surface area contributed by atoms with Crippen molar-refractivity contribution >= 4 is 0 Å². The molecule has 0 saturated carbocycles. The molecule has 4 heteroatoms. The summed E-state index contributed by atoms with van der Waals surface area (Å²) in [6, 6.07) is 2.08. The van der Waals surface area contributed by atoms with E-state index in [1.54, 1.807) is 0 Å². The van der Waals surface area contributed by atoms with E-state index in [1.807, 2.05) is 0 Å². The van der Waals surface area contributed by atoms with Crippen molar-refractivity contribution in [2.75, 3.05) is 6.61 Å². The lowest BCUT2D eigenvalue weighted by atomic mass is 10.1. The third-order valence-electron chi connectivity index (χ3n) is 1.56. The van der Waals surface area contributed by atoms with Gasteiger partial charge in [0.2, 0.25) is 0 Å². The van der Waals surface area contributed by atoms with Crippen molar-refractivity contribution in [1.82, 2.24) is 0 Å². The molecule has 1 aliphatic heterocycles. The molecule has 1 heterocycles. The quantitative estimate of drug-likeness (QED) is 0.458. The topological polar surface area (TPSA) is 51.5 Å². The monoisotopic (exact) mass is 157 g/mol. The minimum absolute atomic E-state index is 0.108. The SMILES string of the molecule is N#CCCCC1CCOOO1. The van der Waals surface area contributed by atoms with E-state index in [-0.39, 0.29) is 6.10 Å². The van der Waals surface area contributed by atoms with Crippen LogP contribution in [0.2, 0.25) is 0 Å². The van der Waals surface area contributed by atoms with E-state index >= 15 is 0 Å². The van der Waals surface area contributed by atoms with Gasteiger partial charge in [-0.15, -0.1) is 0 Å². The van der Waals surface area contributed by atoms with Crippen molar-refractivity contribution in [1.29, 1.82) is 5.26 Å². The normalized spacial score (nSPS) is 24.5. The second kappa shape index (κ2) is 5.08. The summed E-state index contributed by atoms with van der Waals surface area (Å²) in [5.74, 6) is 0. The molecule has 0 aliphatic carbocycles. The van der Waals surface area contributed by atoms with E-state index in [9.17, 15) is 0 Å². The first kappa shape index (κ1) is 8.47. The molecule has 1 atom stereocenters. The average molecular weight is 157 g/mol. The summed E-state index contributed by atoms with van der Waals surface area (Å²) in [7, 11) is 0. The highest BCUT2D eigenvalue weighted by molar-refractivity contribution is 4.70. The van der Waals surface area contributed by atoms with Crippen LogP contribution in [0, 0.1) is 11.3 Å². The molecule has 1 rings (SSSR count). The van der Waals surface area contributed by atoms with Gasteiger partial charge < -0.3 is 0 Å². The van der Waals surface area contributed by atoms with Gasteiger partial charge in [-0.05, 0) is 12.8 Å². The van der Waals surface area contributed by atoms with Crippen LogP contribution in [0.25, 0.3) is 0 Å². The van der Waals surface area contributed by atoms with Gasteiger partial charge in [-0.2, -0.15) is 5.26 Å². The molecule has 4 nitrogen and oxygen atoms in total. The second-order valence-corrected chi connectivity index (χ2v) is 2.45. The maximum atomic E-state index is 8.25. The van der Waals surface area contributed by atoms with Crippen molar-refractivity contribution in [2.45, 2.75) is 31.8 Å². The van der Waals surface area contributed by atoms with Gasteiger partial charge in [0, 0.05) is 12.8 Å². The van der Waals surface area contributed by atoms with Crippen molar-refractivity contribution in [3.05, 3.63) is 0 Å². The molecule has 11 heavy (non-hydrogen) atoms. The molecule has 0 radical (unpaired) electrons. The van der Waals surface area contributed by atoms with Gasteiger partial charge in [-0.1, -0.05) is 5.04 Å². The molecule has 0 aromatic carbocycles. The van der Waals surface area contributed by atoms with E-state index in [2.05, 4.69) is 16.0 Å². The van der Waals surface area contributed by atoms with Crippen LogP contribution in [0.15, 0.2) is 0 Å². The molecular formula is C7H11NO3. The number of hydrogen-bond donors (Lipinski definition) is 0. The number of nitrogens with zero attached hydrogens (tertiary/aromatic N) is 1. The first-order chi connectivity index (χ1) is 5.43. The van der Waals surface area contributed by atoms with E-state index < -0.39 is 0 Å². The van der Waals surface area contributed by atoms with Crippen LogP contribution in [-0.4, -0.2) is 12.7 Å². The van der Waals surface area contributed by atoms with E-state index in [0.29, 0.717) is 13.0 Å². The van der Waals surface area contributed by atoms with E-state index in [4.69, 9.17) is 10.1 Å². The maximum Gasteiger partial charge on any atom is 0.0984 e. The van der Waals surface area contributed by atoms with Gasteiger partial charge in [0.05, 0.1) is 18.8 Å². The van der Waals surface area contributed by atoms with Crippen LogP contribution in [0.4, 0.5) is 0 Å². The summed E-state index contributed by atoms with van der Waals surface area (Å²) in [4.78, 5) is 9.31. The molecule has 0 bridgehead atoms. The molecule has 0 N–H and O–H groups in total. The molecule has 0 aromatic rings. The Morgan fingerprint density at radius 2 is 2.45 bits per heavy atom. The predicted octanol–water partition coefficient (Wildman–Crippen LogP) is 1.33. The summed E-state index contributed by atoms with van der Waals surface area (Å²) in [6.07, 6.45) is 3.28. The van der Waals surface area contributed by atoms with Crippen LogP contribution < -0.4 is 0 Å². The fraction of sp³-hybridized carbons (Fsp3) is 0.857. The third-order valence-corrected chi connectivity index (χ3v) is 1.56. The lowest BCUT2D eigenvalue weighted by molar-refractivity contribution is -0.549. The standard InChI is InChI=1S/C7H11NO3/c8-5-2-1-3-7-4-6-9-11-10-7/h7H,1-4,6H2. The Labute approximate surface area is 65.5 Å². The van der Waals surface area contributed by atoms with Crippen LogP contribution in [0.5, 0.6) is 0 Å². The van der Waals surface area contributed by atoms with Gasteiger partial charge in [-0.3, -0.25) is 0 Å². The minimum atomic E-state index is 0.108. The number of rotatable bonds is 3. The third kappa shape index (κ3) is 3.33. The Balaban J connectivity index is 2.01. The van der Waals surface area contributed by atoms with Gasteiger partial charge in [0.15, 0.2) is 0 Å². The van der Waals surface area contributed by atoms with Crippen LogP contribution in [0.1, 0.15) is 25.7 Å². The molecule has 1 saturated heterocycles. The largest absolute Gasteiger partial charge is 0.206 e. The Morgan fingerprint density at radius 1 is 1.55 bits per heavy atom. The van der Waals surface area contributed by atoms with Crippen molar-refractivity contribution in [3.63, 3.8) is 0 Å². The zero-order valence-electron chi connectivity index (χ0n) is 6.28. The maximum absolute atomic E-state index is 8.25. The smallest absolute Gasteiger partial charge is 0.0984 e. The molecule has 0 spiro atoms. The van der Waals surface area contributed by atoms with Crippen LogP contribution >= 0.6 is 0 Å². The van der Waals surface area contributed by atoms with Gasteiger partial charge in [-0.25, -0.2) is 9.78 Å². The Bertz CT molecular complexity index is 137. The summed E-state index contributed by atoms with van der Waals surface area (Å²) < 4.78 is 0. The first-order valence-corrected chi connectivity index (χ1v) is 3.75.